The highest BCUT2D eigenvalue weighted by molar-refractivity contribution is 7.36. The van der Waals surface area contributed by atoms with E-state index in [0.717, 1.165) is 0 Å². The van der Waals surface area contributed by atoms with Crippen LogP contribution in [0.5, 0.6) is 0 Å². The third kappa shape index (κ3) is 4.90. The molecule has 170 valence electrons. The fourth-order valence-electron chi connectivity index (χ4n) is 3.38. The van der Waals surface area contributed by atoms with Crippen molar-refractivity contribution in [2.75, 3.05) is 38.4 Å². The molecular formula is C17H26FN7O5P+. The van der Waals surface area contributed by atoms with Crippen molar-refractivity contribution in [2.24, 2.45) is 5.92 Å². The summed E-state index contributed by atoms with van der Waals surface area (Å²) in [7, 11) is 2.30. The number of ether oxygens (including phenoxy) is 2. The molecule has 5 atom stereocenters. The molecule has 0 saturated carbocycles. The zero-order chi connectivity index (χ0) is 22.9. The summed E-state index contributed by atoms with van der Waals surface area (Å²) in [6, 6.07) is -0.867. The Kier molecular flexibility index (Phi) is 6.70. The first-order chi connectivity index (χ1) is 14.5. The molecule has 0 aliphatic carbocycles. The van der Waals surface area contributed by atoms with Gasteiger partial charge in [0.1, 0.15) is 12.3 Å². The number of methoxy groups -OCH3 is 1. The highest BCUT2D eigenvalue weighted by Gasteiger charge is 2.49. The lowest BCUT2D eigenvalue weighted by Crippen LogP contribution is -2.32. The highest BCUT2D eigenvalue weighted by Crippen LogP contribution is 2.44. The lowest BCUT2D eigenvalue weighted by atomic mass is 10.1. The van der Waals surface area contributed by atoms with Crippen LogP contribution in [-0.2, 0) is 23.4 Å². The highest BCUT2D eigenvalue weighted by atomic mass is 31.1. The molecule has 3 N–H and O–H groups in total. The molecule has 0 bridgehead atoms. The number of nitrogens with two attached hydrogens (primary N) is 1. The summed E-state index contributed by atoms with van der Waals surface area (Å²) in [6.07, 6.45) is 0.760. The van der Waals surface area contributed by atoms with Gasteiger partial charge in [-0.05, 0) is 11.5 Å². The molecule has 0 amide bonds. The van der Waals surface area contributed by atoms with Gasteiger partial charge in [0, 0.05) is 26.4 Å². The van der Waals surface area contributed by atoms with Gasteiger partial charge in [-0.3, -0.25) is 9.36 Å². The minimum Gasteiger partial charge on any atom is -0.468 e. The number of imidazole rings is 1. The Hall–Kier alpha value is -2.47. The molecule has 14 heteroatoms. The monoisotopic (exact) mass is 458 g/mol. The molecule has 2 aromatic rings. The van der Waals surface area contributed by atoms with E-state index in [1.165, 1.54) is 20.4 Å². The van der Waals surface area contributed by atoms with Crippen LogP contribution < -0.4 is 15.7 Å². The molecule has 1 saturated heterocycles. The molecule has 1 aliphatic heterocycles. The Morgan fingerprint density at radius 1 is 1.55 bits per heavy atom. The summed E-state index contributed by atoms with van der Waals surface area (Å²) in [5.74, 6) is -2.49. The Morgan fingerprint density at radius 3 is 2.90 bits per heavy atom. The number of hydrogen-bond donors (Lipinski definition) is 2. The van der Waals surface area contributed by atoms with Crippen molar-refractivity contribution in [3.05, 3.63) is 6.33 Å². The van der Waals surface area contributed by atoms with Crippen LogP contribution in [-0.4, -0.2) is 65.2 Å². The smallest absolute Gasteiger partial charge is 0.468 e. The van der Waals surface area contributed by atoms with Gasteiger partial charge in [0.15, 0.2) is 23.6 Å². The number of anilines is 2. The number of rotatable bonds is 8. The van der Waals surface area contributed by atoms with E-state index in [9.17, 15) is 9.36 Å². The number of esters is 1. The van der Waals surface area contributed by atoms with Gasteiger partial charge in [0.05, 0.1) is 13.4 Å². The van der Waals surface area contributed by atoms with Crippen molar-refractivity contribution < 1.29 is 27.7 Å². The number of fused-ring (bicyclic) bond motifs is 1. The summed E-state index contributed by atoms with van der Waals surface area (Å²) in [5.41, 5.74) is 6.75. The van der Waals surface area contributed by atoms with Gasteiger partial charge in [-0.25, -0.2) is 9.37 Å². The van der Waals surface area contributed by atoms with E-state index in [0.29, 0.717) is 17.0 Å². The third-order valence-corrected chi connectivity index (χ3v) is 5.78. The van der Waals surface area contributed by atoms with Crippen LogP contribution in [0.15, 0.2) is 6.33 Å². The standard InChI is InChI=1S/C17H26FN7O5P/c1-9-6-17(18,7-29-31(27)23-10(2)15(26)28-5)30-14(9)25-8-20-11-12(24(3)4)21-16(19)22-13(11)25/h8-10,14H,6-7H2,1-5H3,(H,23,27)(H2,19,21,22)/q+1/t9-,10+,14+,17-/m0/s1. The first-order valence-corrected chi connectivity index (χ1v) is 10.7. The molecule has 0 spiro atoms. The van der Waals surface area contributed by atoms with E-state index in [-0.39, 0.29) is 18.3 Å². The van der Waals surface area contributed by atoms with E-state index in [1.807, 2.05) is 6.92 Å². The predicted octanol–water partition coefficient (Wildman–Crippen LogP) is 1.52. The first-order valence-electron chi connectivity index (χ1n) is 9.53. The fraction of sp³-hybridized carbons (Fsp3) is 0.647. The quantitative estimate of drug-likeness (QED) is 0.438. The van der Waals surface area contributed by atoms with Crippen molar-refractivity contribution in [3.63, 3.8) is 0 Å². The van der Waals surface area contributed by atoms with Gasteiger partial charge in [-0.15, -0.1) is 4.52 Å². The molecule has 31 heavy (non-hydrogen) atoms. The van der Waals surface area contributed by atoms with Crippen molar-refractivity contribution in [1.82, 2.24) is 24.6 Å². The molecule has 0 aromatic carbocycles. The maximum absolute atomic E-state index is 15.3. The van der Waals surface area contributed by atoms with E-state index < -0.39 is 38.9 Å². The van der Waals surface area contributed by atoms with Gasteiger partial charge in [0.2, 0.25) is 11.8 Å². The molecular weight excluding hydrogens is 432 g/mol. The number of nitrogens with zero attached hydrogens (tertiary/aromatic N) is 5. The molecule has 3 heterocycles. The van der Waals surface area contributed by atoms with Crippen LogP contribution in [0.4, 0.5) is 16.2 Å². The Labute approximate surface area is 179 Å². The van der Waals surface area contributed by atoms with Crippen LogP contribution >= 0.6 is 8.18 Å². The third-order valence-electron chi connectivity index (χ3n) is 4.81. The maximum atomic E-state index is 15.3. The number of halogens is 1. The van der Waals surface area contributed by atoms with Crippen LogP contribution in [0.1, 0.15) is 26.5 Å². The Balaban J connectivity index is 1.73. The van der Waals surface area contributed by atoms with E-state index in [2.05, 4.69) is 24.8 Å². The van der Waals surface area contributed by atoms with Crippen molar-refractivity contribution in [2.45, 2.75) is 38.4 Å². The number of hydrogen-bond acceptors (Lipinski definition) is 10. The number of aromatic nitrogens is 4. The molecule has 1 aliphatic rings. The molecule has 1 unspecified atom stereocenters. The van der Waals surface area contributed by atoms with Crippen molar-refractivity contribution in [3.8, 4) is 0 Å². The lowest BCUT2D eigenvalue weighted by Gasteiger charge is -2.20. The van der Waals surface area contributed by atoms with Crippen LogP contribution in [0.25, 0.3) is 11.2 Å². The fourth-order valence-corrected chi connectivity index (χ4v) is 4.19. The summed E-state index contributed by atoms with van der Waals surface area (Å²) in [5, 5.41) is 2.41. The SMILES string of the molecule is COC(=O)[C@@H](C)N[P+](=O)OC[C@]1(F)C[C@H](C)[C@H](n2cnc3c(N(C)C)nc(N)nc32)O1. The second-order valence-electron chi connectivity index (χ2n) is 7.60. The minimum atomic E-state index is -2.51. The largest absolute Gasteiger partial charge is 0.614 e. The molecule has 3 rings (SSSR count). The summed E-state index contributed by atoms with van der Waals surface area (Å²) in [4.78, 5) is 25.9. The molecule has 1 fully saturated rings. The number of alkyl halides is 1. The number of carbonyl (C=O) groups is 1. The summed E-state index contributed by atoms with van der Waals surface area (Å²) in [6.45, 7) is 2.68. The minimum absolute atomic E-state index is 0.00578. The molecule has 2 aromatic heterocycles. The topological polar surface area (TPSA) is 147 Å². The van der Waals surface area contributed by atoms with Crippen LogP contribution in [0.3, 0.4) is 0 Å². The van der Waals surface area contributed by atoms with E-state index >= 15 is 4.39 Å². The second-order valence-corrected chi connectivity index (χ2v) is 8.63. The van der Waals surface area contributed by atoms with Gasteiger partial charge in [-0.1, -0.05) is 12.0 Å². The zero-order valence-electron chi connectivity index (χ0n) is 17.9. The molecule has 0 radical (unpaired) electrons. The number of nitrogen functional groups attached to an aromatic ring is 1. The van der Waals surface area contributed by atoms with E-state index in [4.69, 9.17) is 15.0 Å². The predicted molar refractivity (Wildman–Crippen MR) is 110 cm³/mol. The maximum Gasteiger partial charge on any atom is 0.614 e. The van der Waals surface area contributed by atoms with E-state index in [1.54, 1.807) is 23.6 Å². The first kappa shape index (κ1) is 23.2. The van der Waals surface area contributed by atoms with Crippen LogP contribution in [0.2, 0.25) is 0 Å². The summed E-state index contributed by atoms with van der Waals surface area (Å²) < 4.78 is 44.2. The van der Waals surface area contributed by atoms with Crippen LogP contribution in [0, 0.1) is 5.92 Å². The average molecular weight is 458 g/mol. The second kappa shape index (κ2) is 8.95. The van der Waals surface area contributed by atoms with Gasteiger partial charge >= 0.3 is 14.1 Å². The Bertz CT molecular complexity index is 989. The van der Waals surface area contributed by atoms with Crippen molar-refractivity contribution in [1.29, 1.82) is 0 Å². The number of nitrogens with one attached hydrogen (secondary N) is 1. The average Bonchev–Trinajstić information content (AvgIpc) is 3.25. The Morgan fingerprint density at radius 2 is 2.26 bits per heavy atom. The van der Waals surface area contributed by atoms with Gasteiger partial charge in [0.25, 0.3) is 0 Å². The zero-order valence-corrected chi connectivity index (χ0v) is 18.8. The lowest BCUT2D eigenvalue weighted by molar-refractivity contribution is -0.172. The number of carbonyl (C=O) groups excluding carboxylic acids is 1. The van der Waals surface area contributed by atoms with Gasteiger partial charge in [-0.2, -0.15) is 9.97 Å². The normalized spacial score (nSPS) is 24.9. The molecule has 12 nitrogen and oxygen atoms in total. The van der Waals surface area contributed by atoms with Crippen molar-refractivity contribution >= 4 is 37.1 Å². The van der Waals surface area contributed by atoms with Gasteiger partial charge < -0.3 is 20.1 Å². The summed E-state index contributed by atoms with van der Waals surface area (Å²) >= 11 is 0.